The van der Waals surface area contributed by atoms with Crippen LogP contribution < -0.4 is 25.3 Å². The molecule has 60 valence electrons. The molecule has 0 unspecified atom stereocenters. The summed E-state index contributed by atoms with van der Waals surface area (Å²) >= 11 is 0. The molecule has 0 saturated carbocycles. The Kier molecular flexibility index (Phi) is 36.1. The molecule has 0 aromatic heterocycles. The summed E-state index contributed by atoms with van der Waals surface area (Å²) in [5.41, 5.74) is 8.00. The Morgan fingerprint density at radius 1 is 1.00 bits per heavy atom. The van der Waals surface area contributed by atoms with E-state index in [1.165, 1.54) is 0 Å². The zero-order chi connectivity index (χ0) is 8.50. The monoisotopic (exact) mass is 174 g/mol. The standard InChI is InChI=1S/2BH2N.ClHO4.FH/c2*1-2;2-1(3,4)5;/h2*2H2;(H,2,3,4,5);1H. The minimum Gasteiger partial charge on any atom is -0.380 e. The van der Waals surface area contributed by atoms with Crippen LogP contribution in [0.2, 0.25) is 0 Å². The molecule has 0 aromatic carbocycles. The van der Waals surface area contributed by atoms with Crippen LogP contribution in [0.5, 0.6) is 0 Å². The molecule has 0 bridgehead atoms. The highest BCUT2D eigenvalue weighted by molar-refractivity contribution is 6.02. The van der Waals surface area contributed by atoms with Gasteiger partial charge in [-0.25, -0.2) is 0 Å². The summed E-state index contributed by atoms with van der Waals surface area (Å²) in [5, 5.41) is 0. The third-order valence-corrected chi connectivity index (χ3v) is 0. The maximum atomic E-state index is 8.60. The Balaban J connectivity index is -0.0000000315. The highest BCUT2D eigenvalue weighted by Crippen LogP contribution is 1.60. The highest BCUT2D eigenvalue weighted by Gasteiger charge is 1.98. The fourth-order valence-corrected chi connectivity index (χ4v) is 0. The zero-order valence-corrected chi connectivity index (χ0v) is 5.52. The van der Waals surface area contributed by atoms with Crippen LogP contribution >= 0.6 is 0 Å². The molecule has 0 aliphatic heterocycles. The summed E-state index contributed by atoms with van der Waals surface area (Å²) < 4.78 is 32.7. The van der Waals surface area contributed by atoms with E-state index < -0.39 is 10.2 Å². The average molecular weight is 174 g/mol. The Morgan fingerprint density at radius 2 is 1.00 bits per heavy atom. The van der Waals surface area contributed by atoms with Gasteiger partial charge < -0.3 is 11.3 Å². The Labute approximate surface area is 61.8 Å². The van der Waals surface area contributed by atoms with E-state index in [4.69, 9.17) is 18.6 Å². The predicted molar refractivity (Wildman–Crippen MR) is 24.6 cm³/mol. The van der Waals surface area contributed by atoms with E-state index in [2.05, 4.69) is 27.3 Å². The van der Waals surface area contributed by atoms with E-state index in [0.29, 0.717) is 0 Å². The molecule has 4 radical (unpaired) electrons. The number of halogens is 2. The molecule has 10 heteroatoms. The minimum atomic E-state index is -4.69. The minimum absolute atomic E-state index is 0. The number of nitrogens with two attached hydrogens (primary N) is 2. The molecule has 10 heavy (non-hydrogen) atoms. The molecular weight excluding hydrogens is 168 g/mol. The Morgan fingerprint density at radius 3 is 1.00 bits per heavy atom. The van der Waals surface area contributed by atoms with Gasteiger partial charge in [-0.05, 0) is 0 Å². The van der Waals surface area contributed by atoms with E-state index in [9.17, 15) is 0 Å². The van der Waals surface area contributed by atoms with Gasteiger partial charge in [-0.3, -0.25) is 4.70 Å². The first-order chi connectivity index (χ1) is 4.00. The molecule has 0 rings (SSSR count). The first-order valence-corrected chi connectivity index (χ1v) is 2.56. The van der Waals surface area contributed by atoms with E-state index in [1.807, 2.05) is 0 Å². The normalized spacial score (nSPS) is 7.00. The molecule has 0 aliphatic rings. The van der Waals surface area contributed by atoms with Crippen molar-refractivity contribution in [2.75, 3.05) is 0 Å². The van der Waals surface area contributed by atoms with E-state index in [1.54, 1.807) is 0 Å². The van der Waals surface area contributed by atoms with Crippen LogP contribution in [0.25, 0.3) is 0 Å². The van der Waals surface area contributed by atoms with Gasteiger partial charge >= 0.3 is 0 Å². The zero-order valence-electron chi connectivity index (χ0n) is 4.77. The van der Waals surface area contributed by atoms with Crippen molar-refractivity contribution in [1.29, 1.82) is 0 Å². The summed E-state index contributed by atoms with van der Waals surface area (Å²) in [6, 6.07) is 0. The maximum absolute atomic E-state index is 8.60. The van der Waals surface area contributed by atoms with Crippen LogP contribution in [0.1, 0.15) is 0 Å². The fourth-order valence-electron chi connectivity index (χ4n) is 0. The third kappa shape index (κ3) is 34000. The lowest BCUT2D eigenvalue weighted by Gasteiger charge is -2.03. The second kappa shape index (κ2) is 16.1. The van der Waals surface area contributed by atoms with Gasteiger partial charge in [0.25, 0.3) is 0 Å². The lowest BCUT2D eigenvalue weighted by molar-refractivity contribution is -1.92. The van der Waals surface area contributed by atoms with Gasteiger partial charge in [-0.1, -0.05) is 0 Å². The van der Waals surface area contributed by atoms with Crippen molar-refractivity contribution < 1.29 is 33.6 Å². The van der Waals surface area contributed by atoms with Crippen LogP contribution in [0.4, 0.5) is 4.70 Å². The fraction of sp³-hybridized carbons (Fsp3) is 0. The number of hydrogen-bond donors (Lipinski definition) is 3. The van der Waals surface area contributed by atoms with Gasteiger partial charge in [-0.2, -0.15) is 14.0 Å². The third-order valence-electron chi connectivity index (χ3n) is 0. The molecule has 0 atom stereocenters. The average Bonchev–Trinajstić information content (AvgIpc) is 1.72. The largest absolute Gasteiger partial charge is 0.380 e. The molecule has 0 aromatic rings. The molecule has 0 amide bonds. The van der Waals surface area contributed by atoms with Crippen LogP contribution in [0, 0.1) is 10.2 Å². The second-order valence-corrected chi connectivity index (χ2v) is 1.19. The van der Waals surface area contributed by atoms with Gasteiger partial charge in [0.1, 0.15) is 0 Å². The quantitative estimate of drug-likeness (QED) is 0.312. The molecular formula is H6B2ClFN2O4. The van der Waals surface area contributed by atoms with Gasteiger partial charge in [0.2, 0.25) is 0 Å². The molecule has 0 saturated heterocycles. The molecule has 0 heterocycles. The maximum Gasteiger partial charge on any atom is 0.174 e. The first-order valence-electron chi connectivity index (χ1n) is 1.30. The van der Waals surface area contributed by atoms with Crippen molar-refractivity contribution in [2.45, 2.75) is 0 Å². The van der Waals surface area contributed by atoms with Crippen LogP contribution in [-0.2, 0) is 0 Å². The predicted octanol–water partition coefficient (Wildman–Crippen LogP) is -5.91. The second-order valence-electron chi connectivity index (χ2n) is 0.396. The van der Waals surface area contributed by atoms with Gasteiger partial charge in [0.05, 0.1) is 14.9 Å². The molecule has 0 fully saturated rings. The summed E-state index contributed by atoms with van der Waals surface area (Å²) in [4.78, 5) is 0. The summed E-state index contributed by atoms with van der Waals surface area (Å²) in [6.07, 6.45) is 0. The molecule has 6 nitrogen and oxygen atoms in total. The van der Waals surface area contributed by atoms with Crippen molar-refractivity contribution in [3.8, 4) is 0 Å². The first kappa shape index (κ1) is 22.5. The summed E-state index contributed by atoms with van der Waals surface area (Å²) in [5.74, 6) is 0. The lowest BCUT2D eigenvalue weighted by Crippen LogP contribution is -2.58. The van der Waals surface area contributed by atoms with E-state index >= 15 is 0 Å². The van der Waals surface area contributed by atoms with Crippen molar-refractivity contribution >= 4 is 16.0 Å². The number of hydrogen-bond acceptors (Lipinski definition) is 6. The number of rotatable bonds is 0. The van der Waals surface area contributed by atoms with Crippen LogP contribution in [0.15, 0.2) is 0 Å². The van der Waals surface area contributed by atoms with Gasteiger partial charge in [0, 0.05) is 0 Å². The topological polar surface area (TPSA) is 141 Å². The summed E-state index contributed by atoms with van der Waals surface area (Å²) in [7, 11) is 3.31. The van der Waals surface area contributed by atoms with E-state index in [0.717, 1.165) is 0 Å². The van der Waals surface area contributed by atoms with Gasteiger partial charge in [0.15, 0.2) is 16.0 Å². The van der Waals surface area contributed by atoms with Gasteiger partial charge in [-0.15, -0.1) is 0 Å². The van der Waals surface area contributed by atoms with Crippen molar-refractivity contribution in [2.24, 2.45) is 11.3 Å². The van der Waals surface area contributed by atoms with E-state index in [-0.39, 0.29) is 4.70 Å². The smallest absolute Gasteiger partial charge is 0.174 e. The highest BCUT2D eigenvalue weighted by atomic mass is 35.7. The molecule has 0 spiro atoms. The lowest BCUT2D eigenvalue weighted by atomic mass is 10.5. The van der Waals surface area contributed by atoms with Crippen molar-refractivity contribution in [3.05, 3.63) is 0 Å². The summed E-state index contributed by atoms with van der Waals surface area (Å²) in [6.45, 7) is 0. The Hall–Kier alpha value is 0.110. The van der Waals surface area contributed by atoms with Crippen molar-refractivity contribution in [1.82, 2.24) is 0 Å². The van der Waals surface area contributed by atoms with Crippen LogP contribution in [-0.4, -0.2) is 20.6 Å². The van der Waals surface area contributed by atoms with Crippen LogP contribution in [0.3, 0.4) is 0 Å². The van der Waals surface area contributed by atoms with Crippen molar-refractivity contribution in [3.63, 3.8) is 0 Å². The SMILES string of the molecule is F.[B]N.[B]N.[O-][Cl+3]([O-])([O-])O. The molecule has 5 N–H and O–H groups in total. The molecule has 0 aliphatic carbocycles. The Bertz CT molecular complexity index is 36.7.